The Hall–Kier alpha value is -1.41. The van der Waals surface area contributed by atoms with Gasteiger partial charge in [0.05, 0.1) is 5.75 Å². The van der Waals surface area contributed by atoms with Crippen LogP contribution in [-0.2, 0) is 16.4 Å². The number of hydrogen-bond donors (Lipinski definition) is 0. The average molecular weight is 326 g/mol. The number of nitrogens with zero attached hydrogens (tertiary/aromatic N) is 4. The van der Waals surface area contributed by atoms with Crippen LogP contribution in [-0.4, -0.2) is 45.9 Å². The fourth-order valence-corrected chi connectivity index (χ4v) is 3.98. The molecule has 0 aliphatic heterocycles. The van der Waals surface area contributed by atoms with Gasteiger partial charge in [-0.3, -0.25) is 4.98 Å². The SMILES string of the molecule is CCCn1c(SCCS(C)(=O)=O)nnc1-c1ccncc1. The minimum atomic E-state index is -2.95. The number of rotatable bonds is 7. The summed E-state index contributed by atoms with van der Waals surface area (Å²) in [6, 6.07) is 3.78. The number of aromatic nitrogens is 4. The van der Waals surface area contributed by atoms with Gasteiger partial charge in [-0.05, 0) is 18.6 Å². The van der Waals surface area contributed by atoms with Gasteiger partial charge in [0.25, 0.3) is 0 Å². The summed E-state index contributed by atoms with van der Waals surface area (Å²) in [7, 11) is -2.95. The first-order valence-corrected chi connectivity index (χ1v) is 9.70. The first kappa shape index (κ1) is 16.0. The highest BCUT2D eigenvalue weighted by Crippen LogP contribution is 2.24. The van der Waals surface area contributed by atoms with Crippen molar-refractivity contribution in [2.45, 2.75) is 25.0 Å². The highest BCUT2D eigenvalue weighted by molar-refractivity contribution is 8.00. The summed E-state index contributed by atoms with van der Waals surface area (Å²) in [6.07, 6.45) is 5.63. The molecule has 2 rings (SSSR count). The first-order chi connectivity index (χ1) is 10.0. The number of pyridine rings is 1. The standard InChI is InChI=1S/C13H18N4O2S2/c1-3-8-17-12(11-4-6-14-7-5-11)15-16-13(17)20-9-10-21(2,18)19/h4-7H,3,8-10H2,1-2H3. The molecule has 0 saturated carbocycles. The monoisotopic (exact) mass is 326 g/mol. The highest BCUT2D eigenvalue weighted by atomic mass is 32.2. The molecule has 2 heterocycles. The van der Waals surface area contributed by atoms with E-state index in [1.165, 1.54) is 18.0 Å². The molecule has 0 aromatic carbocycles. The van der Waals surface area contributed by atoms with Crippen LogP contribution in [0.3, 0.4) is 0 Å². The second-order valence-electron chi connectivity index (χ2n) is 4.67. The van der Waals surface area contributed by atoms with E-state index in [-0.39, 0.29) is 5.75 Å². The molecular formula is C13H18N4O2S2. The minimum absolute atomic E-state index is 0.140. The molecule has 21 heavy (non-hydrogen) atoms. The fourth-order valence-electron chi connectivity index (χ4n) is 1.82. The van der Waals surface area contributed by atoms with Crippen molar-refractivity contribution < 1.29 is 8.42 Å². The Morgan fingerprint density at radius 1 is 1.24 bits per heavy atom. The summed E-state index contributed by atoms with van der Waals surface area (Å²) in [4.78, 5) is 4.00. The van der Waals surface area contributed by atoms with Crippen LogP contribution in [0.4, 0.5) is 0 Å². The Morgan fingerprint density at radius 3 is 2.57 bits per heavy atom. The Morgan fingerprint density at radius 2 is 1.95 bits per heavy atom. The van der Waals surface area contributed by atoms with Crippen LogP contribution in [0.1, 0.15) is 13.3 Å². The van der Waals surface area contributed by atoms with Crippen molar-refractivity contribution in [2.75, 3.05) is 17.8 Å². The van der Waals surface area contributed by atoms with E-state index in [0.717, 1.165) is 29.5 Å². The lowest BCUT2D eigenvalue weighted by Gasteiger charge is -2.08. The third kappa shape index (κ3) is 4.53. The zero-order chi connectivity index (χ0) is 15.3. The molecule has 0 atom stereocenters. The molecule has 2 aromatic rings. The van der Waals surface area contributed by atoms with Crippen LogP contribution in [0.25, 0.3) is 11.4 Å². The zero-order valence-electron chi connectivity index (χ0n) is 12.1. The van der Waals surface area contributed by atoms with Crippen molar-refractivity contribution in [3.8, 4) is 11.4 Å². The molecule has 114 valence electrons. The normalized spacial score (nSPS) is 11.7. The Labute approximate surface area is 128 Å². The van der Waals surface area contributed by atoms with Gasteiger partial charge >= 0.3 is 0 Å². The maximum absolute atomic E-state index is 11.2. The fraction of sp³-hybridized carbons (Fsp3) is 0.462. The van der Waals surface area contributed by atoms with Gasteiger partial charge in [0.2, 0.25) is 0 Å². The summed E-state index contributed by atoms with van der Waals surface area (Å²) in [6.45, 7) is 2.88. The van der Waals surface area contributed by atoms with E-state index in [1.807, 2.05) is 16.7 Å². The minimum Gasteiger partial charge on any atom is -0.302 e. The van der Waals surface area contributed by atoms with Gasteiger partial charge in [-0.1, -0.05) is 18.7 Å². The molecule has 0 saturated heterocycles. The van der Waals surface area contributed by atoms with E-state index in [4.69, 9.17) is 0 Å². The van der Waals surface area contributed by atoms with Crippen LogP contribution in [0.15, 0.2) is 29.7 Å². The zero-order valence-corrected chi connectivity index (χ0v) is 13.7. The lowest BCUT2D eigenvalue weighted by Crippen LogP contribution is -2.07. The summed E-state index contributed by atoms with van der Waals surface area (Å²) < 4.78 is 24.4. The van der Waals surface area contributed by atoms with Crippen molar-refractivity contribution in [1.82, 2.24) is 19.7 Å². The van der Waals surface area contributed by atoms with Crippen molar-refractivity contribution in [3.05, 3.63) is 24.5 Å². The molecular weight excluding hydrogens is 308 g/mol. The first-order valence-electron chi connectivity index (χ1n) is 6.65. The lowest BCUT2D eigenvalue weighted by molar-refractivity contribution is 0.603. The molecule has 0 radical (unpaired) electrons. The summed E-state index contributed by atoms with van der Waals surface area (Å²) in [5.41, 5.74) is 0.959. The van der Waals surface area contributed by atoms with E-state index in [2.05, 4.69) is 22.1 Å². The number of thioether (sulfide) groups is 1. The predicted molar refractivity (Wildman–Crippen MR) is 84.0 cm³/mol. The Balaban J connectivity index is 2.21. The second-order valence-corrected chi connectivity index (χ2v) is 7.99. The van der Waals surface area contributed by atoms with Crippen molar-refractivity contribution in [2.24, 2.45) is 0 Å². The topological polar surface area (TPSA) is 77.7 Å². The van der Waals surface area contributed by atoms with Crippen LogP contribution in [0.2, 0.25) is 0 Å². The Kier molecular flexibility index (Phi) is 5.35. The van der Waals surface area contributed by atoms with Crippen molar-refractivity contribution in [1.29, 1.82) is 0 Å². The van der Waals surface area contributed by atoms with Gasteiger partial charge in [-0.15, -0.1) is 10.2 Å². The second kappa shape index (κ2) is 7.04. The van der Waals surface area contributed by atoms with Crippen molar-refractivity contribution in [3.63, 3.8) is 0 Å². The van der Waals surface area contributed by atoms with E-state index < -0.39 is 9.84 Å². The van der Waals surface area contributed by atoms with Crippen LogP contribution in [0.5, 0.6) is 0 Å². The van der Waals surface area contributed by atoms with Crippen molar-refractivity contribution >= 4 is 21.6 Å². The third-order valence-electron chi connectivity index (χ3n) is 2.79. The quantitative estimate of drug-likeness (QED) is 0.723. The maximum Gasteiger partial charge on any atom is 0.191 e. The molecule has 0 amide bonds. The number of sulfone groups is 1. The molecule has 0 N–H and O–H groups in total. The van der Waals surface area contributed by atoms with E-state index in [0.29, 0.717) is 5.75 Å². The van der Waals surface area contributed by atoms with E-state index in [1.54, 1.807) is 12.4 Å². The molecule has 0 unspecified atom stereocenters. The molecule has 6 nitrogen and oxygen atoms in total. The molecule has 8 heteroatoms. The van der Waals surface area contributed by atoms with Gasteiger partial charge in [0.15, 0.2) is 11.0 Å². The van der Waals surface area contributed by atoms with Gasteiger partial charge in [-0.2, -0.15) is 0 Å². The largest absolute Gasteiger partial charge is 0.302 e. The van der Waals surface area contributed by atoms with Gasteiger partial charge in [0, 0.05) is 36.5 Å². The Bertz CT molecular complexity index is 683. The van der Waals surface area contributed by atoms with E-state index in [9.17, 15) is 8.42 Å². The third-order valence-corrected chi connectivity index (χ3v) is 4.96. The maximum atomic E-state index is 11.2. The highest BCUT2D eigenvalue weighted by Gasteiger charge is 2.14. The molecule has 0 spiro atoms. The van der Waals surface area contributed by atoms with Gasteiger partial charge in [0.1, 0.15) is 9.84 Å². The van der Waals surface area contributed by atoms with E-state index >= 15 is 0 Å². The smallest absolute Gasteiger partial charge is 0.191 e. The number of hydrogen-bond acceptors (Lipinski definition) is 6. The molecule has 0 bridgehead atoms. The molecule has 0 aliphatic rings. The lowest BCUT2D eigenvalue weighted by atomic mass is 10.2. The molecule has 2 aromatic heterocycles. The summed E-state index contributed by atoms with van der Waals surface area (Å²) >= 11 is 1.42. The summed E-state index contributed by atoms with van der Waals surface area (Å²) in [5.74, 6) is 1.42. The summed E-state index contributed by atoms with van der Waals surface area (Å²) in [5, 5.41) is 9.18. The molecule has 0 aliphatic carbocycles. The van der Waals surface area contributed by atoms with Gasteiger partial charge in [-0.25, -0.2) is 8.42 Å². The average Bonchev–Trinajstić information content (AvgIpc) is 2.82. The van der Waals surface area contributed by atoms with Crippen LogP contribution in [0, 0.1) is 0 Å². The van der Waals surface area contributed by atoms with Gasteiger partial charge < -0.3 is 4.57 Å². The molecule has 0 fully saturated rings. The van der Waals surface area contributed by atoms with Crippen LogP contribution < -0.4 is 0 Å². The predicted octanol–water partition coefficient (Wildman–Crippen LogP) is 1.89. The van der Waals surface area contributed by atoms with Crippen LogP contribution >= 0.6 is 11.8 Å².